The van der Waals surface area contributed by atoms with Gasteiger partial charge in [-0.15, -0.1) is 0 Å². The molecule has 32 heavy (non-hydrogen) atoms. The molecule has 0 unspecified atom stereocenters. The van der Waals surface area contributed by atoms with Crippen molar-refractivity contribution in [2.75, 3.05) is 10.6 Å². The standard InChI is InChI=1S/C25H21FN4O2/c1-16-8-6-7-11-20(16)24-21(15-30(29-24)19-9-4-3-5-10-19)25(32)28-18-12-13-22(26)23(14-18)27-17(2)31/h3-15H,1-2H3,(H,27,31)(H,28,32). The maximum absolute atomic E-state index is 14.0. The van der Waals surface area contributed by atoms with Crippen molar-refractivity contribution in [2.45, 2.75) is 13.8 Å². The average Bonchev–Trinajstić information content (AvgIpc) is 3.22. The largest absolute Gasteiger partial charge is 0.324 e. The van der Waals surface area contributed by atoms with E-state index in [-0.39, 0.29) is 5.69 Å². The number of carbonyl (C=O) groups is 2. The monoisotopic (exact) mass is 428 g/mol. The first-order valence-corrected chi connectivity index (χ1v) is 10.0. The average molecular weight is 428 g/mol. The molecule has 0 aliphatic rings. The second-order valence-electron chi connectivity index (χ2n) is 7.32. The second-order valence-corrected chi connectivity index (χ2v) is 7.32. The summed E-state index contributed by atoms with van der Waals surface area (Å²) in [5.74, 6) is -1.39. The van der Waals surface area contributed by atoms with Crippen molar-refractivity contribution in [3.8, 4) is 16.9 Å². The lowest BCUT2D eigenvalue weighted by atomic mass is 10.0. The van der Waals surface area contributed by atoms with Crippen LogP contribution in [0.15, 0.2) is 79.0 Å². The van der Waals surface area contributed by atoms with Crippen molar-refractivity contribution < 1.29 is 14.0 Å². The number of carbonyl (C=O) groups excluding carboxylic acids is 2. The summed E-state index contributed by atoms with van der Waals surface area (Å²) < 4.78 is 15.6. The van der Waals surface area contributed by atoms with Crippen molar-refractivity contribution in [2.24, 2.45) is 0 Å². The van der Waals surface area contributed by atoms with Crippen molar-refractivity contribution >= 4 is 23.2 Å². The van der Waals surface area contributed by atoms with Crippen molar-refractivity contribution in [3.63, 3.8) is 0 Å². The minimum absolute atomic E-state index is 0.00518. The third-order valence-corrected chi connectivity index (χ3v) is 4.91. The second kappa shape index (κ2) is 8.85. The molecular weight excluding hydrogens is 407 g/mol. The van der Waals surface area contributed by atoms with E-state index in [4.69, 9.17) is 0 Å². The van der Waals surface area contributed by atoms with Crippen LogP contribution in [0.25, 0.3) is 16.9 Å². The summed E-state index contributed by atoms with van der Waals surface area (Å²) in [6, 6.07) is 21.2. The molecule has 2 amide bonds. The van der Waals surface area contributed by atoms with E-state index in [9.17, 15) is 14.0 Å². The summed E-state index contributed by atoms with van der Waals surface area (Å²) in [7, 11) is 0. The molecular formula is C25H21FN4O2. The fraction of sp³-hybridized carbons (Fsp3) is 0.0800. The molecule has 2 N–H and O–H groups in total. The number of aromatic nitrogens is 2. The molecule has 6 nitrogen and oxygen atoms in total. The Kier molecular flexibility index (Phi) is 5.81. The van der Waals surface area contributed by atoms with Gasteiger partial charge in [-0.3, -0.25) is 9.59 Å². The highest BCUT2D eigenvalue weighted by molar-refractivity contribution is 6.08. The van der Waals surface area contributed by atoms with Gasteiger partial charge in [-0.05, 0) is 42.8 Å². The van der Waals surface area contributed by atoms with Gasteiger partial charge in [0.05, 0.1) is 16.9 Å². The molecule has 1 heterocycles. The van der Waals surface area contributed by atoms with Crippen LogP contribution in [0.2, 0.25) is 0 Å². The number of anilines is 2. The molecule has 0 aliphatic heterocycles. The predicted octanol–water partition coefficient (Wildman–Crippen LogP) is 5.20. The Balaban J connectivity index is 1.74. The van der Waals surface area contributed by atoms with Gasteiger partial charge in [0.1, 0.15) is 11.5 Å². The number of nitrogens with one attached hydrogen (secondary N) is 2. The topological polar surface area (TPSA) is 76.0 Å². The molecule has 7 heteroatoms. The first kappa shape index (κ1) is 21.0. The SMILES string of the molecule is CC(=O)Nc1cc(NC(=O)c2cn(-c3ccccc3)nc2-c2ccccc2C)ccc1F. The third kappa shape index (κ3) is 4.41. The maximum atomic E-state index is 14.0. The van der Waals surface area contributed by atoms with Crippen molar-refractivity contribution in [3.05, 3.63) is 95.9 Å². The van der Waals surface area contributed by atoms with Crippen LogP contribution >= 0.6 is 0 Å². The van der Waals surface area contributed by atoms with Gasteiger partial charge in [0.15, 0.2) is 0 Å². The number of benzene rings is 3. The van der Waals surface area contributed by atoms with Gasteiger partial charge in [0.2, 0.25) is 5.91 Å². The van der Waals surface area contributed by atoms with E-state index in [1.54, 1.807) is 10.9 Å². The number of rotatable bonds is 5. The highest BCUT2D eigenvalue weighted by atomic mass is 19.1. The molecule has 0 radical (unpaired) electrons. The summed E-state index contributed by atoms with van der Waals surface area (Å²) in [5.41, 5.74) is 3.89. The van der Waals surface area contributed by atoms with Crippen LogP contribution in [-0.4, -0.2) is 21.6 Å². The quantitative estimate of drug-likeness (QED) is 0.459. The number of nitrogens with zero attached hydrogens (tertiary/aromatic N) is 2. The first-order chi connectivity index (χ1) is 15.4. The molecule has 0 saturated heterocycles. The van der Waals surface area contributed by atoms with Crippen LogP contribution in [-0.2, 0) is 4.79 Å². The van der Waals surface area contributed by atoms with Crippen LogP contribution < -0.4 is 10.6 Å². The number of halogens is 1. The fourth-order valence-corrected chi connectivity index (χ4v) is 3.38. The number of hydrogen-bond donors (Lipinski definition) is 2. The Morgan fingerprint density at radius 2 is 1.66 bits per heavy atom. The van der Waals surface area contributed by atoms with Gasteiger partial charge in [-0.25, -0.2) is 9.07 Å². The fourth-order valence-electron chi connectivity index (χ4n) is 3.38. The molecule has 160 valence electrons. The molecule has 4 rings (SSSR count). The van der Waals surface area contributed by atoms with Crippen LogP contribution in [0.4, 0.5) is 15.8 Å². The van der Waals surface area contributed by atoms with E-state index in [2.05, 4.69) is 15.7 Å². The minimum Gasteiger partial charge on any atom is -0.324 e. The summed E-state index contributed by atoms with van der Waals surface area (Å²) in [6.07, 6.45) is 1.67. The van der Waals surface area contributed by atoms with Crippen molar-refractivity contribution in [1.29, 1.82) is 0 Å². The van der Waals surface area contributed by atoms with Gasteiger partial charge < -0.3 is 10.6 Å². The number of amides is 2. The summed E-state index contributed by atoms with van der Waals surface area (Å²) in [4.78, 5) is 24.6. The summed E-state index contributed by atoms with van der Waals surface area (Å²) in [6.45, 7) is 3.25. The van der Waals surface area contributed by atoms with Crippen molar-refractivity contribution in [1.82, 2.24) is 9.78 Å². The molecule has 0 atom stereocenters. The molecule has 0 bridgehead atoms. The molecule has 3 aromatic carbocycles. The Labute approximate surface area is 184 Å². The highest BCUT2D eigenvalue weighted by Crippen LogP contribution is 2.28. The molecule has 4 aromatic rings. The van der Waals surface area contributed by atoms with Gasteiger partial charge in [0, 0.05) is 24.4 Å². The molecule has 0 spiro atoms. The molecule has 0 saturated carbocycles. The molecule has 0 fully saturated rings. The number of hydrogen-bond acceptors (Lipinski definition) is 3. The zero-order valence-corrected chi connectivity index (χ0v) is 17.6. The zero-order chi connectivity index (χ0) is 22.7. The van der Waals surface area contributed by atoms with Gasteiger partial charge >= 0.3 is 0 Å². The minimum atomic E-state index is -0.587. The first-order valence-electron chi connectivity index (χ1n) is 10.0. The third-order valence-electron chi connectivity index (χ3n) is 4.91. The molecule has 1 aromatic heterocycles. The Morgan fingerprint density at radius 1 is 0.938 bits per heavy atom. The van der Waals surface area contributed by atoms with E-state index in [1.807, 2.05) is 61.5 Å². The lowest BCUT2D eigenvalue weighted by Gasteiger charge is -2.09. The van der Waals surface area contributed by atoms with Crippen LogP contribution in [0.3, 0.4) is 0 Å². The van der Waals surface area contributed by atoms with Gasteiger partial charge in [0.25, 0.3) is 5.91 Å². The van der Waals surface area contributed by atoms with E-state index < -0.39 is 17.6 Å². The van der Waals surface area contributed by atoms with E-state index in [0.717, 1.165) is 16.8 Å². The lowest BCUT2D eigenvalue weighted by molar-refractivity contribution is -0.114. The highest BCUT2D eigenvalue weighted by Gasteiger charge is 2.20. The Hall–Kier alpha value is -4.26. The van der Waals surface area contributed by atoms with Crippen LogP contribution in [0, 0.1) is 12.7 Å². The van der Waals surface area contributed by atoms with E-state index in [1.165, 1.54) is 25.1 Å². The van der Waals surface area contributed by atoms with Gasteiger partial charge in [-0.2, -0.15) is 5.10 Å². The lowest BCUT2D eigenvalue weighted by Crippen LogP contribution is -2.13. The zero-order valence-electron chi connectivity index (χ0n) is 17.6. The number of aryl methyl sites for hydroxylation is 1. The normalized spacial score (nSPS) is 10.6. The maximum Gasteiger partial charge on any atom is 0.259 e. The number of para-hydroxylation sites is 1. The van der Waals surface area contributed by atoms with E-state index >= 15 is 0 Å². The summed E-state index contributed by atoms with van der Waals surface area (Å²) >= 11 is 0. The Morgan fingerprint density at radius 3 is 2.38 bits per heavy atom. The molecule has 0 aliphatic carbocycles. The summed E-state index contributed by atoms with van der Waals surface area (Å²) in [5, 5.41) is 9.88. The Bertz CT molecular complexity index is 1300. The predicted molar refractivity (Wildman–Crippen MR) is 122 cm³/mol. The van der Waals surface area contributed by atoms with Crippen LogP contribution in [0.5, 0.6) is 0 Å². The smallest absolute Gasteiger partial charge is 0.259 e. The van der Waals surface area contributed by atoms with E-state index in [0.29, 0.717) is 16.9 Å². The van der Waals surface area contributed by atoms with Crippen LogP contribution in [0.1, 0.15) is 22.8 Å². The van der Waals surface area contributed by atoms with Gasteiger partial charge in [-0.1, -0.05) is 42.5 Å².